The van der Waals surface area contributed by atoms with Crippen molar-refractivity contribution in [1.29, 1.82) is 0 Å². The number of anilines is 1. The first-order valence-electron chi connectivity index (χ1n) is 12.1. The summed E-state index contributed by atoms with van der Waals surface area (Å²) < 4.78 is 2.22. The van der Waals surface area contributed by atoms with Gasteiger partial charge in [-0.25, -0.2) is 9.57 Å². The van der Waals surface area contributed by atoms with Crippen LogP contribution in [0.25, 0.3) is 0 Å². The predicted molar refractivity (Wildman–Crippen MR) is 141 cm³/mol. The van der Waals surface area contributed by atoms with Crippen LogP contribution in [0.3, 0.4) is 0 Å². The van der Waals surface area contributed by atoms with Crippen molar-refractivity contribution in [2.45, 2.75) is 71.4 Å². The molecule has 0 spiro atoms. The monoisotopic (exact) mass is 436 g/mol. The average Bonchev–Trinajstić information content (AvgIpc) is 2.73. The van der Waals surface area contributed by atoms with E-state index in [1.807, 2.05) is 0 Å². The number of benzene rings is 1. The lowest BCUT2D eigenvalue weighted by Crippen LogP contribution is -2.59. The molecule has 0 atom stereocenters. The van der Waals surface area contributed by atoms with Gasteiger partial charge in [0.25, 0.3) is 0 Å². The molecule has 0 amide bonds. The number of fused-ring (bicyclic) bond motifs is 2. The van der Waals surface area contributed by atoms with Gasteiger partial charge in [0.1, 0.15) is 22.2 Å². The summed E-state index contributed by atoms with van der Waals surface area (Å²) >= 11 is 0. The lowest BCUT2D eigenvalue weighted by Gasteiger charge is -2.45. The number of unbranched alkanes of at least 4 members (excludes halogenated alkanes) is 3. The van der Waals surface area contributed by atoms with Crippen molar-refractivity contribution in [1.82, 2.24) is 0 Å². The van der Waals surface area contributed by atoms with Gasteiger partial charge < -0.3 is 4.90 Å². The second kappa shape index (κ2) is 9.68. The van der Waals surface area contributed by atoms with Crippen LogP contribution in [0.15, 0.2) is 46.6 Å². The molecule has 1 aliphatic carbocycles. The molecule has 1 aromatic rings. The van der Waals surface area contributed by atoms with Gasteiger partial charge >= 0.3 is 0 Å². The second-order valence-electron chi connectivity index (χ2n) is 10.1. The number of hydrogen-bond donors (Lipinski definition) is 0. The average molecular weight is 437 g/mol. The Morgan fingerprint density at radius 2 is 1.71 bits per heavy atom. The van der Waals surface area contributed by atoms with Crippen molar-refractivity contribution in [3.63, 3.8) is 0 Å². The van der Waals surface area contributed by atoms with Crippen molar-refractivity contribution >= 4 is 36.1 Å². The highest BCUT2D eigenvalue weighted by atomic mass is 28.3. The number of aliphatic imine (C=N–C) groups is 1. The zero-order chi connectivity index (χ0) is 22.8. The Morgan fingerprint density at radius 3 is 2.32 bits per heavy atom. The molecule has 31 heavy (non-hydrogen) atoms. The van der Waals surface area contributed by atoms with Crippen LogP contribution in [-0.2, 0) is 0 Å². The quantitative estimate of drug-likeness (QED) is 0.211. The van der Waals surface area contributed by atoms with Crippen molar-refractivity contribution in [2.24, 2.45) is 4.99 Å². The number of hydrogen-bond acceptors (Lipinski definition) is 2. The Kier molecular flexibility index (Phi) is 7.41. The van der Waals surface area contributed by atoms with E-state index in [4.69, 9.17) is 4.99 Å². The van der Waals surface area contributed by atoms with Gasteiger partial charge in [0, 0.05) is 31.4 Å². The number of allylic oxidation sites excluding steroid dienone is 4. The molecule has 3 rings (SSSR count). The molecule has 0 saturated carbocycles. The van der Waals surface area contributed by atoms with E-state index in [0.29, 0.717) is 11.1 Å². The third kappa shape index (κ3) is 4.37. The lowest BCUT2D eigenvalue weighted by atomic mass is 10.1. The first-order valence-corrected chi connectivity index (χ1v) is 14.3. The molecule has 0 saturated heterocycles. The van der Waals surface area contributed by atoms with Crippen LogP contribution in [0.4, 0.5) is 11.4 Å². The molecule has 0 radical (unpaired) electrons. The summed E-state index contributed by atoms with van der Waals surface area (Å²) in [5, 5.41) is 3.04. The second-order valence-corrected chi connectivity index (χ2v) is 15.2. The normalized spacial score (nSPS) is 16.8. The standard InChI is InChI=1S/C27H42N3Si/c1-9-10-11-12-17-30(8)23-14-16-25-27(19-23)31(20(2)3,21(4)5)26-18-22(29(6)7)13-15-24(26)28-25/h13-16,18-21H,9-12,17H2,1-8H3/q+1. The van der Waals surface area contributed by atoms with Gasteiger partial charge in [-0.15, -0.1) is 0 Å². The highest BCUT2D eigenvalue weighted by molar-refractivity contribution is 7.04. The number of nitrogens with zero attached hydrogens (tertiary/aromatic N) is 3. The van der Waals surface area contributed by atoms with E-state index in [1.165, 1.54) is 58.9 Å². The molecular weight excluding hydrogens is 394 g/mol. The van der Waals surface area contributed by atoms with Crippen molar-refractivity contribution in [3.8, 4) is 0 Å². The summed E-state index contributed by atoms with van der Waals surface area (Å²) in [6.07, 6.45) is 12.1. The summed E-state index contributed by atoms with van der Waals surface area (Å²) in [5.41, 5.74) is 6.21. The molecule has 168 valence electrons. The van der Waals surface area contributed by atoms with E-state index in [9.17, 15) is 0 Å². The van der Waals surface area contributed by atoms with Gasteiger partial charge in [0.2, 0.25) is 0 Å². The van der Waals surface area contributed by atoms with Crippen molar-refractivity contribution in [3.05, 3.63) is 41.6 Å². The molecule has 0 bridgehead atoms. The Bertz CT molecular complexity index is 922. The van der Waals surface area contributed by atoms with E-state index in [2.05, 4.69) is 102 Å². The van der Waals surface area contributed by atoms with E-state index >= 15 is 0 Å². The fraction of sp³-hybridized carbons (Fsp3) is 0.556. The maximum Gasteiger partial charge on any atom is 0.199 e. The summed E-state index contributed by atoms with van der Waals surface area (Å²) in [5.74, 6) is 0. The molecule has 3 nitrogen and oxygen atoms in total. The topological polar surface area (TPSA) is 18.6 Å². The Labute approximate surface area is 191 Å². The summed E-state index contributed by atoms with van der Waals surface area (Å²) in [7, 11) is 4.49. The zero-order valence-electron chi connectivity index (χ0n) is 21.0. The third-order valence-corrected chi connectivity index (χ3v) is 13.4. The van der Waals surface area contributed by atoms with Crippen LogP contribution in [0.5, 0.6) is 0 Å². The fourth-order valence-corrected chi connectivity index (χ4v) is 11.5. The van der Waals surface area contributed by atoms with Gasteiger partial charge in [-0.05, 0) is 52.2 Å². The highest BCUT2D eigenvalue weighted by Crippen LogP contribution is 2.44. The van der Waals surface area contributed by atoms with E-state index in [-0.39, 0.29) is 0 Å². The first kappa shape index (κ1) is 23.7. The SMILES string of the molecule is CCCCCCN(C)c1ccc2c(c1)[Si](C(C)C)(C(C)C)C1=CC(=[N+](C)C)C=CC1=N2. The predicted octanol–water partition coefficient (Wildman–Crippen LogP) is 6.01. The highest BCUT2D eigenvalue weighted by Gasteiger charge is 2.50. The van der Waals surface area contributed by atoms with Crippen LogP contribution in [0.2, 0.25) is 11.1 Å². The van der Waals surface area contributed by atoms with Crippen LogP contribution in [0, 0.1) is 0 Å². The Morgan fingerprint density at radius 1 is 1.00 bits per heavy atom. The minimum atomic E-state index is -2.02. The molecule has 0 fully saturated rings. The van der Waals surface area contributed by atoms with Gasteiger partial charge in [-0.1, -0.05) is 53.9 Å². The van der Waals surface area contributed by atoms with Crippen molar-refractivity contribution in [2.75, 3.05) is 32.6 Å². The molecule has 0 unspecified atom stereocenters. The maximum absolute atomic E-state index is 5.15. The smallest absolute Gasteiger partial charge is 0.199 e. The molecular formula is C27H42N3Si+. The third-order valence-electron chi connectivity index (χ3n) is 7.22. The van der Waals surface area contributed by atoms with Crippen molar-refractivity contribution < 1.29 is 4.58 Å². The minimum Gasteiger partial charge on any atom is -0.375 e. The van der Waals surface area contributed by atoms with Crippen LogP contribution >= 0.6 is 0 Å². The van der Waals surface area contributed by atoms with Gasteiger partial charge in [0.05, 0.1) is 11.4 Å². The van der Waals surface area contributed by atoms with Gasteiger partial charge in [-0.2, -0.15) is 0 Å². The molecule has 1 aromatic carbocycles. The van der Waals surface area contributed by atoms with Crippen LogP contribution in [-0.4, -0.2) is 51.8 Å². The Balaban J connectivity index is 2.13. The maximum atomic E-state index is 5.15. The van der Waals surface area contributed by atoms with Gasteiger partial charge in [-0.3, -0.25) is 0 Å². The lowest BCUT2D eigenvalue weighted by molar-refractivity contribution is -0.462. The molecule has 0 aromatic heterocycles. The Hall–Kier alpha value is -1.94. The first-order chi connectivity index (χ1) is 14.7. The van der Waals surface area contributed by atoms with Gasteiger partial charge in [0.15, 0.2) is 5.71 Å². The number of rotatable bonds is 8. The van der Waals surface area contributed by atoms with E-state index < -0.39 is 8.07 Å². The fourth-order valence-electron chi connectivity index (χ4n) is 5.51. The summed E-state index contributed by atoms with van der Waals surface area (Å²) in [4.78, 5) is 7.60. The largest absolute Gasteiger partial charge is 0.375 e. The minimum absolute atomic E-state index is 0.600. The molecule has 0 N–H and O–H groups in total. The summed E-state index contributed by atoms with van der Waals surface area (Å²) in [6.45, 7) is 13.2. The summed E-state index contributed by atoms with van der Waals surface area (Å²) in [6, 6.07) is 7.06. The molecule has 1 aliphatic heterocycles. The molecule has 1 heterocycles. The molecule has 2 aliphatic rings. The van der Waals surface area contributed by atoms with Crippen LogP contribution < -0.4 is 10.1 Å². The zero-order valence-corrected chi connectivity index (χ0v) is 22.0. The van der Waals surface area contributed by atoms with Crippen LogP contribution in [0.1, 0.15) is 60.3 Å². The van der Waals surface area contributed by atoms with E-state index in [1.54, 1.807) is 0 Å². The van der Waals surface area contributed by atoms with E-state index in [0.717, 1.165) is 6.54 Å². The molecule has 4 heteroatoms.